The number of hydrogen-bond donors (Lipinski definition) is 0. The quantitative estimate of drug-likeness (QED) is 0.727. The van der Waals surface area contributed by atoms with Crippen molar-refractivity contribution in [2.45, 2.75) is 26.4 Å². The van der Waals surface area contributed by atoms with E-state index in [9.17, 15) is 0 Å². The molecule has 0 spiro atoms. The van der Waals surface area contributed by atoms with Crippen molar-refractivity contribution in [3.05, 3.63) is 39.8 Å². The molecule has 0 aliphatic carbocycles. The van der Waals surface area contributed by atoms with Crippen molar-refractivity contribution in [3.8, 4) is 5.75 Å². The largest absolute Gasteiger partial charge is 0.489 e. The van der Waals surface area contributed by atoms with Gasteiger partial charge in [-0.05, 0) is 47.5 Å². The zero-order chi connectivity index (χ0) is 11.4. The Kier molecular flexibility index (Phi) is 4.68. The standard InChI is InChI=1S/C12H14BrClO/c1-4-5-9(3)15-12-6-8(2)11(14)7-10(12)13/h4,6-7,9H,1,5H2,2-3H3. The van der Waals surface area contributed by atoms with Gasteiger partial charge in [0, 0.05) is 11.4 Å². The number of halogens is 2. The van der Waals surface area contributed by atoms with Gasteiger partial charge in [0.2, 0.25) is 0 Å². The highest BCUT2D eigenvalue weighted by Crippen LogP contribution is 2.31. The van der Waals surface area contributed by atoms with Gasteiger partial charge in [0.15, 0.2) is 0 Å². The van der Waals surface area contributed by atoms with Crippen LogP contribution in [0.2, 0.25) is 5.02 Å². The fourth-order valence-corrected chi connectivity index (χ4v) is 1.95. The molecular formula is C12H14BrClO. The Hall–Kier alpha value is -0.470. The molecule has 1 atom stereocenters. The number of aryl methyl sites for hydroxylation is 1. The molecule has 0 aliphatic heterocycles. The monoisotopic (exact) mass is 288 g/mol. The van der Waals surface area contributed by atoms with Crippen LogP contribution in [-0.2, 0) is 0 Å². The van der Waals surface area contributed by atoms with Crippen molar-refractivity contribution in [1.82, 2.24) is 0 Å². The Morgan fingerprint density at radius 3 is 2.87 bits per heavy atom. The molecule has 0 N–H and O–H groups in total. The number of ether oxygens (including phenoxy) is 1. The minimum atomic E-state index is 0.124. The molecular weight excluding hydrogens is 275 g/mol. The number of benzene rings is 1. The van der Waals surface area contributed by atoms with Crippen LogP contribution < -0.4 is 4.74 Å². The maximum atomic E-state index is 5.98. The van der Waals surface area contributed by atoms with Gasteiger partial charge in [-0.3, -0.25) is 0 Å². The molecule has 0 bridgehead atoms. The SMILES string of the molecule is C=CCC(C)Oc1cc(C)c(Cl)cc1Br. The molecule has 82 valence electrons. The zero-order valence-electron chi connectivity index (χ0n) is 8.89. The molecule has 1 nitrogen and oxygen atoms in total. The summed E-state index contributed by atoms with van der Waals surface area (Å²) < 4.78 is 6.63. The van der Waals surface area contributed by atoms with Gasteiger partial charge in [-0.15, -0.1) is 6.58 Å². The van der Waals surface area contributed by atoms with Crippen molar-refractivity contribution < 1.29 is 4.74 Å². The molecule has 0 saturated carbocycles. The lowest BCUT2D eigenvalue weighted by Gasteiger charge is -2.15. The predicted molar refractivity (Wildman–Crippen MR) is 68.8 cm³/mol. The van der Waals surface area contributed by atoms with E-state index in [1.807, 2.05) is 32.1 Å². The summed E-state index contributed by atoms with van der Waals surface area (Å²) in [6.07, 6.45) is 2.80. The van der Waals surface area contributed by atoms with E-state index < -0.39 is 0 Å². The highest BCUT2D eigenvalue weighted by atomic mass is 79.9. The minimum Gasteiger partial charge on any atom is -0.489 e. The maximum Gasteiger partial charge on any atom is 0.134 e. The van der Waals surface area contributed by atoms with E-state index in [0.717, 1.165) is 27.2 Å². The summed E-state index contributed by atoms with van der Waals surface area (Å²) in [4.78, 5) is 0. The summed E-state index contributed by atoms with van der Waals surface area (Å²) >= 11 is 9.41. The average molecular weight is 290 g/mol. The second kappa shape index (κ2) is 5.57. The third kappa shape index (κ3) is 3.54. The Morgan fingerprint density at radius 2 is 2.27 bits per heavy atom. The summed E-state index contributed by atoms with van der Waals surface area (Å²) in [5.74, 6) is 0.825. The van der Waals surface area contributed by atoms with Gasteiger partial charge in [0.1, 0.15) is 5.75 Å². The zero-order valence-corrected chi connectivity index (χ0v) is 11.2. The highest BCUT2D eigenvalue weighted by Gasteiger charge is 2.08. The molecule has 0 amide bonds. The lowest BCUT2D eigenvalue weighted by atomic mass is 10.2. The van der Waals surface area contributed by atoms with Crippen molar-refractivity contribution in [1.29, 1.82) is 0 Å². The number of hydrogen-bond acceptors (Lipinski definition) is 1. The van der Waals surface area contributed by atoms with Crippen LogP contribution in [0, 0.1) is 6.92 Å². The summed E-state index contributed by atoms with van der Waals surface area (Å²) in [7, 11) is 0. The van der Waals surface area contributed by atoms with Crippen molar-refractivity contribution >= 4 is 27.5 Å². The molecule has 0 radical (unpaired) electrons. The molecule has 0 aliphatic rings. The van der Waals surface area contributed by atoms with E-state index in [2.05, 4.69) is 22.5 Å². The van der Waals surface area contributed by atoms with Crippen LogP contribution in [0.3, 0.4) is 0 Å². The van der Waals surface area contributed by atoms with Gasteiger partial charge >= 0.3 is 0 Å². The van der Waals surface area contributed by atoms with Crippen LogP contribution in [0.25, 0.3) is 0 Å². The van der Waals surface area contributed by atoms with E-state index in [4.69, 9.17) is 16.3 Å². The molecule has 1 aromatic rings. The van der Waals surface area contributed by atoms with Crippen LogP contribution in [0.4, 0.5) is 0 Å². The van der Waals surface area contributed by atoms with Gasteiger partial charge in [-0.25, -0.2) is 0 Å². The highest BCUT2D eigenvalue weighted by molar-refractivity contribution is 9.10. The second-order valence-electron chi connectivity index (χ2n) is 3.48. The van der Waals surface area contributed by atoms with Gasteiger partial charge in [0.25, 0.3) is 0 Å². The Morgan fingerprint density at radius 1 is 1.60 bits per heavy atom. The van der Waals surface area contributed by atoms with Crippen molar-refractivity contribution in [2.24, 2.45) is 0 Å². The van der Waals surface area contributed by atoms with Gasteiger partial charge in [0.05, 0.1) is 10.6 Å². The lowest BCUT2D eigenvalue weighted by Crippen LogP contribution is -2.10. The van der Waals surface area contributed by atoms with Crippen molar-refractivity contribution in [3.63, 3.8) is 0 Å². The molecule has 0 heterocycles. The first-order chi connectivity index (χ1) is 7.04. The van der Waals surface area contributed by atoms with Gasteiger partial charge in [-0.1, -0.05) is 17.7 Å². The third-order valence-electron chi connectivity index (χ3n) is 2.04. The fraction of sp³-hybridized carbons (Fsp3) is 0.333. The molecule has 1 rings (SSSR count). The summed E-state index contributed by atoms with van der Waals surface area (Å²) in [5, 5.41) is 0.741. The van der Waals surface area contributed by atoms with Crippen LogP contribution in [0.15, 0.2) is 29.3 Å². The van der Waals surface area contributed by atoms with Crippen LogP contribution in [0.5, 0.6) is 5.75 Å². The van der Waals surface area contributed by atoms with E-state index in [1.165, 1.54) is 0 Å². The molecule has 0 aromatic heterocycles. The van der Waals surface area contributed by atoms with E-state index in [-0.39, 0.29) is 6.10 Å². The smallest absolute Gasteiger partial charge is 0.134 e. The summed E-state index contributed by atoms with van der Waals surface area (Å²) in [5.41, 5.74) is 1.01. The predicted octanol–water partition coefficient (Wildman–Crippen LogP) is 4.75. The molecule has 3 heteroatoms. The Bertz CT molecular complexity index is 363. The van der Waals surface area contributed by atoms with E-state index >= 15 is 0 Å². The first kappa shape index (κ1) is 12.6. The molecule has 15 heavy (non-hydrogen) atoms. The van der Waals surface area contributed by atoms with Crippen LogP contribution in [-0.4, -0.2) is 6.10 Å². The van der Waals surface area contributed by atoms with E-state index in [1.54, 1.807) is 0 Å². The summed E-state index contributed by atoms with van der Waals surface area (Å²) in [6.45, 7) is 7.65. The van der Waals surface area contributed by atoms with E-state index in [0.29, 0.717) is 0 Å². The topological polar surface area (TPSA) is 9.23 Å². The number of rotatable bonds is 4. The average Bonchev–Trinajstić information content (AvgIpc) is 2.14. The fourth-order valence-electron chi connectivity index (χ4n) is 1.22. The normalized spacial score (nSPS) is 12.3. The molecule has 0 saturated heterocycles. The second-order valence-corrected chi connectivity index (χ2v) is 4.75. The maximum absolute atomic E-state index is 5.98. The molecule has 1 unspecified atom stereocenters. The minimum absolute atomic E-state index is 0.124. The first-order valence-electron chi connectivity index (χ1n) is 4.77. The summed E-state index contributed by atoms with van der Waals surface area (Å²) in [6, 6.07) is 3.79. The van der Waals surface area contributed by atoms with Crippen LogP contribution >= 0.6 is 27.5 Å². The van der Waals surface area contributed by atoms with Crippen LogP contribution in [0.1, 0.15) is 18.9 Å². The first-order valence-corrected chi connectivity index (χ1v) is 5.95. The van der Waals surface area contributed by atoms with Gasteiger partial charge < -0.3 is 4.74 Å². The molecule has 0 fully saturated rings. The Labute approximate surface area is 104 Å². The van der Waals surface area contributed by atoms with Gasteiger partial charge in [-0.2, -0.15) is 0 Å². The lowest BCUT2D eigenvalue weighted by molar-refractivity contribution is 0.224. The van der Waals surface area contributed by atoms with Crippen molar-refractivity contribution in [2.75, 3.05) is 0 Å². The third-order valence-corrected chi connectivity index (χ3v) is 3.07. The molecule has 1 aromatic carbocycles. The Balaban J connectivity index is 2.85.